The van der Waals surface area contributed by atoms with Crippen LogP contribution in [0.25, 0.3) is 0 Å². The second-order valence-corrected chi connectivity index (χ2v) is 9.49. The minimum absolute atomic E-state index is 0.139. The Labute approximate surface area is 209 Å². The van der Waals surface area contributed by atoms with Crippen molar-refractivity contribution in [3.63, 3.8) is 0 Å². The number of ether oxygens (including phenoxy) is 2. The van der Waals surface area contributed by atoms with Crippen LogP contribution in [-0.4, -0.2) is 71.1 Å². The van der Waals surface area contributed by atoms with E-state index in [1.54, 1.807) is 26.8 Å². The van der Waals surface area contributed by atoms with E-state index in [1.807, 2.05) is 0 Å². The second-order valence-electron chi connectivity index (χ2n) is 9.49. The fourth-order valence-corrected chi connectivity index (χ4v) is 3.68. The molecule has 36 heavy (non-hydrogen) atoms. The molecule has 1 fully saturated rings. The van der Waals surface area contributed by atoms with Gasteiger partial charge in [-0.05, 0) is 57.7 Å². The number of hydrogen-bond donors (Lipinski definition) is 4. The Morgan fingerprint density at radius 2 is 1.86 bits per heavy atom. The van der Waals surface area contributed by atoms with Crippen molar-refractivity contribution in [1.82, 2.24) is 15.5 Å². The lowest BCUT2D eigenvalue weighted by molar-refractivity contribution is -0.149. The highest BCUT2D eigenvalue weighted by Gasteiger charge is 2.42. The number of rotatable bonds is 10. The number of hydrogen-bond acceptors (Lipinski definition) is 8. The molecule has 0 aromatic heterocycles. The van der Waals surface area contributed by atoms with E-state index in [4.69, 9.17) is 10.5 Å². The van der Waals surface area contributed by atoms with E-state index in [2.05, 4.69) is 15.4 Å². The van der Waals surface area contributed by atoms with Crippen molar-refractivity contribution in [3.05, 3.63) is 29.8 Å². The van der Waals surface area contributed by atoms with E-state index in [9.17, 15) is 29.1 Å². The van der Waals surface area contributed by atoms with Gasteiger partial charge in [-0.3, -0.25) is 19.2 Å². The number of aromatic hydroxyl groups is 1. The van der Waals surface area contributed by atoms with Gasteiger partial charge >= 0.3 is 12.1 Å². The molecule has 2 rings (SSSR count). The van der Waals surface area contributed by atoms with Crippen LogP contribution in [0.4, 0.5) is 4.79 Å². The maximum Gasteiger partial charge on any atom is 0.408 e. The molecule has 2 unspecified atom stereocenters. The summed E-state index contributed by atoms with van der Waals surface area (Å²) in [4.78, 5) is 64.3. The van der Waals surface area contributed by atoms with Gasteiger partial charge in [0.2, 0.25) is 17.7 Å². The summed E-state index contributed by atoms with van der Waals surface area (Å²) in [5.74, 6) is -3.12. The first-order valence-corrected chi connectivity index (χ1v) is 11.6. The van der Waals surface area contributed by atoms with Gasteiger partial charge in [0.15, 0.2) is 0 Å². The average Bonchev–Trinajstić information content (AvgIpc) is 2.73. The topological polar surface area (TPSA) is 177 Å². The zero-order valence-electron chi connectivity index (χ0n) is 20.9. The van der Waals surface area contributed by atoms with E-state index in [0.717, 1.165) is 6.42 Å². The number of esters is 1. The lowest BCUT2D eigenvalue weighted by Crippen LogP contribution is -2.58. The molecule has 1 aromatic carbocycles. The Bertz CT molecular complexity index is 987. The monoisotopic (exact) mass is 506 g/mol. The fourth-order valence-electron chi connectivity index (χ4n) is 3.68. The first-order chi connectivity index (χ1) is 16.8. The van der Waals surface area contributed by atoms with Crippen molar-refractivity contribution in [3.8, 4) is 5.75 Å². The van der Waals surface area contributed by atoms with Crippen molar-refractivity contribution < 1.29 is 38.6 Å². The maximum atomic E-state index is 13.8. The van der Waals surface area contributed by atoms with Crippen molar-refractivity contribution in [1.29, 1.82) is 0 Å². The van der Waals surface area contributed by atoms with Gasteiger partial charge < -0.3 is 35.8 Å². The van der Waals surface area contributed by atoms with E-state index in [1.165, 1.54) is 30.2 Å². The minimum atomic E-state index is -1.41. The SMILES string of the molecule is COC(=O)CNC(=O)C(c1cccc(O)c1)N(C(=O)C(CC(N)=O)NC(=O)OC(C)(C)C)C1CCC1. The lowest BCUT2D eigenvalue weighted by atomic mass is 9.88. The highest BCUT2D eigenvalue weighted by atomic mass is 16.6. The van der Waals surface area contributed by atoms with Crippen molar-refractivity contribution in [2.75, 3.05) is 13.7 Å². The molecule has 0 heterocycles. The summed E-state index contributed by atoms with van der Waals surface area (Å²) in [6, 6.07) is 2.69. The van der Waals surface area contributed by atoms with Gasteiger partial charge in [-0.1, -0.05) is 12.1 Å². The number of alkyl carbamates (subject to hydrolysis) is 1. The zero-order chi connectivity index (χ0) is 27.0. The number of carbonyl (C=O) groups excluding carboxylic acids is 5. The maximum absolute atomic E-state index is 13.8. The predicted octanol–water partition coefficient (Wildman–Crippen LogP) is 0.872. The number of carbonyl (C=O) groups is 5. The van der Waals surface area contributed by atoms with Gasteiger partial charge in [-0.15, -0.1) is 0 Å². The molecule has 0 aliphatic heterocycles. The molecule has 1 aliphatic carbocycles. The molecule has 12 nitrogen and oxygen atoms in total. The third kappa shape index (κ3) is 8.14. The number of benzene rings is 1. The average molecular weight is 507 g/mol. The van der Waals surface area contributed by atoms with E-state index in [0.29, 0.717) is 12.8 Å². The number of nitrogens with two attached hydrogens (primary N) is 1. The summed E-state index contributed by atoms with van der Waals surface area (Å²) < 4.78 is 9.80. The van der Waals surface area contributed by atoms with Crippen LogP contribution in [0.5, 0.6) is 5.75 Å². The van der Waals surface area contributed by atoms with Crippen LogP contribution < -0.4 is 16.4 Å². The van der Waals surface area contributed by atoms with Gasteiger partial charge in [0.25, 0.3) is 0 Å². The molecule has 1 aromatic rings. The van der Waals surface area contributed by atoms with Crippen molar-refractivity contribution in [2.24, 2.45) is 5.73 Å². The van der Waals surface area contributed by atoms with Gasteiger partial charge in [0.05, 0.1) is 13.5 Å². The third-order valence-corrected chi connectivity index (χ3v) is 5.46. The third-order valence-electron chi connectivity index (χ3n) is 5.46. The van der Waals surface area contributed by atoms with Gasteiger partial charge in [0.1, 0.15) is 30.0 Å². The Morgan fingerprint density at radius 1 is 1.19 bits per heavy atom. The molecule has 0 spiro atoms. The van der Waals surface area contributed by atoms with Crippen LogP contribution in [0.1, 0.15) is 58.1 Å². The standard InChI is InChI=1S/C24H34N4O8/c1-24(2,3)36-23(34)27-17(12-18(25)30)22(33)28(15-8-6-9-15)20(14-7-5-10-16(29)11-14)21(32)26-13-19(31)35-4/h5,7,10-11,15,17,20,29H,6,8-9,12-13H2,1-4H3,(H2,25,30)(H,26,32)(H,27,34). The first kappa shape index (κ1) is 28.4. The predicted molar refractivity (Wildman–Crippen MR) is 127 cm³/mol. The summed E-state index contributed by atoms with van der Waals surface area (Å²) in [6.45, 7) is 4.48. The molecule has 0 saturated heterocycles. The molecular weight excluding hydrogens is 472 g/mol. The largest absolute Gasteiger partial charge is 0.508 e. The van der Waals surface area contributed by atoms with Gasteiger partial charge in [-0.25, -0.2) is 4.79 Å². The molecule has 1 aliphatic rings. The number of nitrogens with zero attached hydrogens (tertiary/aromatic N) is 1. The Morgan fingerprint density at radius 3 is 2.36 bits per heavy atom. The van der Waals surface area contributed by atoms with Crippen LogP contribution in [0.2, 0.25) is 0 Å². The van der Waals surface area contributed by atoms with Crippen LogP contribution >= 0.6 is 0 Å². The summed E-state index contributed by atoms with van der Waals surface area (Å²) in [5, 5.41) is 14.9. The molecule has 2 atom stereocenters. The number of methoxy groups -OCH3 is 1. The van der Waals surface area contributed by atoms with E-state index in [-0.39, 0.29) is 11.3 Å². The van der Waals surface area contributed by atoms with Crippen LogP contribution in [0.3, 0.4) is 0 Å². The number of nitrogens with one attached hydrogen (secondary N) is 2. The normalized spacial score (nSPS) is 15.0. The minimum Gasteiger partial charge on any atom is -0.508 e. The Kier molecular flexibility index (Phi) is 9.65. The molecule has 5 N–H and O–H groups in total. The number of amides is 4. The molecule has 0 radical (unpaired) electrons. The number of primary amides is 1. The van der Waals surface area contributed by atoms with Crippen LogP contribution in [0, 0.1) is 0 Å². The smallest absolute Gasteiger partial charge is 0.408 e. The first-order valence-electron chi connectivity index (χ1n) is 11.6. The van der Waals surface area contributed by atoms with Crippen LogP contribution in [-0.2, 0) is 28.7 Å². The molecule has 198 valence electrons. The summed E-state index contributed by atoms with van der Waals surface area (Å²) in [7, 11) is 1.17. The van der Waals surface area contributed by atoms with E-state index >= 15 is 0 Å². The second kappa shape index (κ2) is 12.2. The molecule has 0 bridgehead atoms. The number of phenols is 1. The molecule has 12 heteroatoms. The fraction of sp³-hybridized carbons (Fsp3) is 0.542. The number of phenolic OH excluding ortho intramolecular Hbond substituents is 1. The van der Waals surface area contributed by atoms with Crippen LogP contribution in [0.15, 0.2) is 24.3 Å². The van der Waals surface area contributed by atoms with Crippen molar-refractivity contribution >= 4 is 29.8 Å². The zero-order valence-corrected chi connectivity index (χ0v) is 20.9. The van der Waals surface area contributed by atoms with Gasteiger partial charge in [0, 0.05) is 6.04 Å². The summed E-state index contributed by atoms with van der Waals surface area (Å²) in [6.07, 6.45) is 0.477. The molecule has 4 amide bonds. The van der Waals surface area contributed by atoms with Gasteiger partial charge in [-0.2, -0.15) is 0 Å². The summed E-state index contributed by atoms with van der Waals surface area (Å²) >= 11 is 0. The highest BCUT2D eigenvalue weighted by Crippen LogP contribution is 2.34. The Hall–Kier alpha value is -3.83. The molecular formula is C24H34N4O8. The summed E-state index contributed by atoms with van der Waals surface area (Å²) in [5.41, 5.74) is 4.76. The molecule has 1 saturated carbocycles. The highest BCUT2D eigenvalue weighted by molar-refractivity contribution is 5.95. The Balaban J connectivity index is 2.47. The lowest BCUT2D eigenvalue weighted by Gasteiger charge is -2.43. The quantitative estimate of drug-likeness (QED) is 0.338. The van der Waals surface area contributed by atoms with E-state index < -0.39 is 66.5 Å². The van der Waals surface area contributed by atoms with Crippen molar-refractivity contribution in [2.45, 2.75) is 70.2 Å².